The van der Waals surface area contributed by atoms with Gasteiger partial charge in [-0.1, -0.05) is 0 Å². The molecule has 0 aromatic carbocycles. The average molecular weight is 381 g/mol. The monoisotopic (exact) mass is 381 g/mol. The second-order valence-electron chi connectivity index (χ2n) is 6.75. The topological polar surface area (TPSA) is 144 Å². The van der Waals surface area contributed by atoms with Gasteiger partial charge in [-0.25, -0.2) is 9.18 Å². The molecule has 150 valence electrons. The van der Waals surface area contributed by atoms with Gasteiger partial charge in [-0.3, -0.25) is 4.79 Å². The van der Waals surface area contributed by atoms with Crippen molar-refractivity contribution in [2.24, 2.45) is 0 Å². The predicted octanol–water partition coefficient (Wildman–Crippen LogP) is -2.04. The molecular weight excluding hydrogens is 357 g/mol. The molecule has 11 heteroatoms. The van der Waals surface area contributed by atoms with Crippen molar-refractivity contribution in [3.8, 4) is 0 Å². The van der Waals surface area contributed by atoms with Gasteiger partial charge in [-0.2, -0.15) is 0 Å². The van der Waals surface area contributed by atoms with Crippen LogP contribution in [0, 0.1) is 0 Å². The number of methoxy groups -OCH3 is 1. The van der Waals surface area contributed by atoms with Crippen molar-refractivity contribution in [3.05, 3.63) is 0 Å². The highest BCUT2D eigenvalue weighted by Crippen LogP contribution is 2.35. The standard InChI is InChI=1S/C15H24FNO9/c1-6(18)17-8-10(20)12(16)15(22,13(21)23-4)26-11(8)9(19)7-5-24-14(2,3)25-7/h7-12,19-20,22H,5H2,1-4H3,(H,17,18)/t7?,8-,9?,10-,11-,12-,15+/m1/s1. The van der Waals surface area contributed by atoms with Crippen molar-refractivity contribution in [2.75, 3.05) is 13.7 Å². The second-order valence-corrected chi connectivity index (χ2v) is 6.75. The Morgan fingerprint density at radius 2 is 1.96 bits per heavy atom. The van der Waals surface area contributed by atoms with Crippen LogP contribution in [0.2, 0.25) is 0 Å². The van der Waals surface area contributed by atoms with Gasteiger partial charge in [-0.15, -0.1) is 0 Å². The number of ether oxygens (including phenoxy) is 4. The molecular formula is C15H24FNO9. The van der Waals surface area contributed by atoms with Crippen molar-refractivity contribution in [1.82, 2.24) is 5.32 Å². The maximum Gasteiger partial charge on any atom is 0.369 e. The molecule has 0 aromatic rings. The first kappa shape index (κ1) is 20.9. The van der Waals surface area contributed by atoms with Crippen LogP contribution in [-0.4, -0.2) is 89.1 Å². The van der Waals surface area contributed by atoms with E-state index in [0.717, 1.165) is 14.0 Å². The fourth-order valence-electron chi connectivity index (χ4n) is 3.04. The van der Waals surface area contributed by atoms with Gasteiger partial charge < -0.3 is 39.6 Å². The first-order valence-corrected chi connectivity index (χ1v) is 8.00. The van der Waals surface area contributed by atoms with E-state index < -0.39 is 60.1 Å². The van der Waals surface area contributed by atoms with E-state index in [-0.39, 0.29) is 6.61 Å². The number of esters is 1. The number of hydrogen-bond donors (Lipinski definition) is 4. The molecule has 10 nitrogen and oxygen atoms in total. The fraction of sp³-hybridized carbons (Fsp3) is 0.867. The third-order valence-electron chi connectivity index (χ3n) is 4.31. The first-order valence-electron chi connectivity index (χ1n) is 8.00. The summed E-state index contributed by atoms with van der Waals surface area (Å²) in [5.41, 5.74) is 0. The van der Waals surface area contributed by atoms with E-state index in [0.29, 0.717) is 0 Å². The van der Waals surface area contributed by atoms with E-state index in [4.69, 9.17) is 14.2 Å². The van der Waals surface area contributed by atoms with Gasteiger partial charge >= 0.3 is 11.8 Å². The number of alkyl halides is 1. The van der Waals surface area contributed by atoms with Crippen LogP contribution in [0.4, 0.5) is 4.39 Å². The number of carbonyl (C=O) groups excluding carboxylic acids is 2. The Labute approximate surface area is 149 Å². The summed E-state index contributed by atoms with van der Waals surface area (Å²) in [6.07, 6.45) is -8.84. The summed E-state index contributed by atoms with van der Waals surface area (Å²) in [4.78, 5) is 23.2. The predicted molar refractivity (Wildman–Crippen MR) is 81.3 cm³/mol. The minimum atomic E-state index is -3.16. The molecule has 2 heterocycles. The van der Waals surface area contributed by atoms with Crippen molar-refractivity contribution < 1.29 is 48.2 Å². The van der Waals surface area contributed by atoms with Gasteiger partial charge in [0.2, 0.25) is 5.91 Å². The summed E-state index contributed by atoms with van der Waals surface area (Å²) in [6, 6.07) is -1.46. The Morgan fingerprint density at radius 3 is 2.42 bits per heavy atom. The Bertz CT molecular complexity index is 559. The molecule has 0 aromatic heterocycles. The van der Waals surface area contributed by atoms with E-state index in [1.165, 1.54) is 0 Å². The van der Waals surface area contributed by atoms with Gasteiger partial charge in [0.25, 0.3) is 0 Å². The van der Waals surface area contributed by atoms with E-state index in [9.17, 15) is 29.3 Å². The van der Waals surface area contributed by atoms with E-state index >= 15 is 0 Å². The van der Waals surface area contributed by atoms with Gasteiger partial charge in [-0.05, 0) is 13.8 Å². The molecule has 2 rings (SSSR count). The van der Waals surface area contributed by atoms with Crippen LogP contribution in [0.3, 0.4) is 0 Å². The smallest absolute Gasteiger partial charge is 0.369 e. The van der Waals surface area contributed by atoms with Crippen LogP contribution in [0.1, 0.15) is 20.8 Å². The molecule has 2 aliphatic heterocycles. The fourth-order valence-corrected chi connectivity index (χ4v) is 3.04. The highest BCUT2D eigenvalue weighted by Gasteiger charge is 2.62. The highest BCUT2D eigenvalue weighted by molar-refractivity contribution is 5.79. The number of aliphatic hydroxyl groups is 3. The summed E-state index contributed by atoms with van der Waals surface area (Å²) < 4.78 is 34.8. The molecule has 2 saturated heterocycles. The lowest BCUT2D eigenvalue weighted by Crippen LogP contribution is -2.72. The Hall–Kier alpha value is -1.37. The number of nitrogens with one attached hydrogen (secondary N) is 1. The molecule has 7 atom stereocenters. The molecule has 0 saturated carbocycles. The number of carbonyl (C=O) groups is 2. The van der Waals surface area contributed by atoms with Crippen molar-refractivity contribution in [3.63, 3.8) is 0 Å². The molecule has 0 aliphatic carbocycles. The maximum absolute atomic E-state index is 14.5. The normalized spacial score (nSPS) is 40.7. The van der Waals surface area contributed by atoms with E-state index in [1.807, 2.05) is 0 Å². The van der Waals surface area contributed by atoms with Gasteiger partial charge in [0.1, 0.15) is 24.4 Å². The summed E-state index contributed by atoms with van der Waals surface area (Å²) in [5.74, 6) is -6.31. The van der Waals surface area contributed by atoms with Crippen LogP contribution < -0.4 is 5.32 Å². The number of hydrogen-bond acceptors (Lipinski definition) is 9. The lowest BCUT2D eigenvalue weighted by Gasteiger charge is -2.46. The molecule has 2 unspecified atom stereocenters. The zero-order valence-corrected chi connectivity index (χ0v) is 14.8. The molecule has 0 bridgehead atoms. The van der Waals surface area contributed by atoms with Crippen LogP contribution >= 0.6 is 0 Å². The molecule has 4 N–H and O–H groups in total. The molecule has 1 amide bonds. The molecule has 0 spiro atoms. The highest BCUT2D eigenvalue weighted by atomic mass is 19.1. The van der Waals surface area contributed by atoms with Gasteiger partial charge in [0, 0.05) is 6.92 Å². The Morgan fingerprint density at radius 1 is 1.35 bits per heavy atom. The number of halogens is 1. The van der Waals surface area contributed by atoms with Crippen molar-refractivity contribution >= 4 is 11.9 Å². The number of aliphatic hydroxyl groups excluding tert-OH is 2. The average Bonchev–Trinajstić information content (AvgIpc) is 2.93. The van der Waals surface area contributed by atoms with Crippen LogP contribution in [0.5, 0.6) is 0 Å². The van der Waals surface area contributed by atoms with E-state index in [2.05, 4.69) is 10.1 Å². The quantitative estimate of drug-likeness (QED) is 0.405. The summed E-state index contributed by atoms with van der Waals surface area (Å²) in [7, 11) is 0.893. The molecule has 2 aliphatic rings. The molecule has 0 radical (unpaired) electrons. The van der Waals surface area contributed by atoms with Gasteiger partial charge in [0.15, 0.2) is 12.0 Å². The zero-order valence-electron chi connectivity index (χ0n) is 14.8. The third-order valence-corrected chi connectivity index (χ3v) is 4.31. The van der Waals surface area contributed by atoms with E-state index in [1.54, 1.807) is 13.8 Å². The zero-order chi connectivity index (χ0) is 19.9. The van der Waals surface area contributed by atoms with Crippen molar-refractivity contribution in [2.45, 2.75) is 69.0 Å². The largest absolute Gasteiger partial charge is 0.465 e. The summed E-state index contributed by atoms with van der Waals surface area (Å²) in [5, 5.41) is 33.3. The minimum absolute atomic E-state index is 0.0629. The maximum atomic E-state index is 14.5. The second kappa shape index (κ2) is 7.33. The van der Waals surface area contributed by atoms with Gasteiger partial charge in [0.05, 0.1) is 19.8 Å². The summed E-state index contributed by atoms with van der Waals surface area (Å²) >= 11 is 0. The Kier molecular flexibility index (Phi) is 5.90. The van der Waals surface area contributed by atoms with Crippen LogP contribution in [0.25, 0.3) is 0 Å². The number of amides is 1. The summed E-state index contributed by atoms with van der Waals surface area (Å²) in [6.45, 7) is 4.25. The third kappa shape index (κ3) is 3.82. The first-order chi connectivity index (χ1) is 11.9. The lowest BCUT2D eigenvalue weighted by atomic mass is 9.87. The minimum Gasteiger partial charge on any atom is -0.465 e. The van der Waals surface area contributed by atoms with Crippen molar-refractivity contribution in [1.29, 1.82) is 0 Å². The SMILES string of the molecule is COC(=O)[C@@]1(O)O[C@@H](C(O)C2COC(C)(C)O2)[C@H](NC(C)=O)[C@@H](O)[C@H]1F. The Balaban J connectivity index is 2.33. The van der Waals surface area contributed by atoms with Crippen LogP contribution in [0.15, 0.2) is 0 Å². The number of rotatable bonds is 4. The molecule has 26 heavy (non-hydrogen) atoms. The van der Waals surface area contributed by atoms with Crippen LogP contribution in [-0.2, 0) is 28.5 Å². The lowest BCUT2D eigenvalue weighted by molar-refractivity contribution is -0.321. The molecule has 2 fully saturated rings.